The van der Waals surface area contributed by atoms with Gasteiger partial charge in [-0.25, -0.2) is 0 Å². The van der Waals surface area contributed by atoms with E-state index in [2.05, 4.69) is 13.8 Å². The molecule has 0 aromatic rings. The highest BCUT2D eigenvalue weighted by molar-refractivity contribution is 4.68. The van der Waals surface area contributed by atoms with Gasteiger partial charge in [0.15, 0.2) is 0 Å². The molecule has 1 fully saturated rings. The molecule has 1 aliphatic rings. The molecule has 1 N–H and O–H groups in total. The van der Waals surface area contributed by atoms with Crippen molar-refractivity contribution in [1.29, 1.82) is 0 Å². The van der Waals surface area contributed by atoms with Gasteiger partial charge in [-0.05, 0) is 33.1 Å². The minimum Gasteiger partial charge on any atom is -1.00 e. The van der Waals surface area contributed by atoms with Gasteiger partial charge < -0.3 is 22.0 Å². The molecule has 134 valence electrons. The zero-order valence-electron chi connectivity index (χ0n) is 15.2. The van der Waals surface area contributed by atoms with Gasteiger partial charge in [-0.3, -0.25) is 0 Å². The van der Waals surface area contributed by atoms with Crippen molar-refractivity contribution in [2.24, 2.45) is 0 Å². The van der Waals surface area contributed by atoms with Gasteiger partial charge in [-0.1, -0.05) is 57.8 Å². The first-order chi connectivity index (χ1) is 10.4. The fraction of sp³-hybridized carbons (Fsp3) is 1.00. The Balaban J connectivity index is 0.00000441. The van der Waals surface area contributed by atoms with E-state index in [9.17, 15) is 0 Å². The third-order valence-corrected chi connectivity index (χ3v) is 4.96. The van der Waals surface area contributed by atoms with Gasteiger partial charge in [0.25, 0.3) is 0 Å². The molecule has 1 saturated heterocycles. The summed E-state index contributed by atoms with van der Waals surface area (Å²) in [5, 5.41) is 0. The van der Waals surface area contributed by atoms with Crippen LogP contribution in [0.4, 0.5) is 0 Å². The van der Waals surface area contributed by atoms with Crippen molar-refractivity contribution in [2.75, 3.05) is 26.2 Å². The lowest BCUT2D eigenvalue weighted by Crippen LogP contribution is -3.11. The molecule has 0 aromatic carbocycles. The SMILES string of the molecule is CC[NH+](CC)CCCCCCCCCCCCCC1CO1.[Cl-]. The Morgan fingerprint density at radius 3 is 1.55 bits per heavy atom. The first-order valence-electron chi connectivity index (χ1n) is 9.82. The van der Waals surface area contributed by atoms with Gasteiger partial charge in [-0.2, -0.15) is 0 Å². The first kappa shape index (κ1) is 22.2. The highest BCUT2D eigenvalue weighted by Gasteiger charge is 2.20. The summed E-state index contributed by atoms with van der Waals surface area (Å²) in [6.45, 7) is 9.63. The highest BCUT2D eigenvalue weighted by Crippen LogP contribution is 2.18. The van der Waals surface area contributed by atoms with Crippen molar-refractivity contribution >= 4 is 0 Å². The van der Waals surface area contributed by atoms with Crippen LogP contribution in [-0.2, 0) is 4.74 Å². The average molecular weight is 334 g/mol. The molecule has 1 heterocycles. The fourth-order valence-electron chi connectivity index (χ4n) is 3.18. The number of ether oxygens (including phenoxy) is 1. The standard InChI is InChI=1S/C19H39NO.ClH/c1-3-20(4-2)17-15-13-11-9-7-5-6-8-10-12-14-16-19-18-21-19;/h19H,3-18H2,1-2H3;1H. The quantitative estimate of drug-likeness (QED) is 0.329. The van der Waals surface area contributed by atoms with Crippen LogP contribution in [0.3, 0.4) is 0 Å². The number of hydrogen-bond donors (Lipinski definition) is 1. The molecule has 0 aliphatic carbocycles. The fourth-order valence-corrected chi connectivity index (χ4v) is 3.18. The van der Waals surface area contributed by atoms with E-state index < -0.39 is 0 Å². The van der Waals surface area contributed by atoms with Gasteiger partial charge in [0.05, 0.1) is 32.3 Å². The second-order valence-electron chi connectivity index (χ2n) is 6.84. The van der Waals surface area contributed by atoms with Gasteiger partial charge in [0.2, 0.25) is 0 Å². The van der Waals surface area contributed by atoms with Crippen LogP contribution in [0.15, 0.2) is 0 Å². The van der Waals surface area contributed by atoms with E-state index in [-0.39, 0.29) is 12.4 Å². The lowest BCUT2D eigenvalue weighted by Gasteiger charge is -2.14. The third-order valence-electron chi connectivity index (χ3n) is 4.96. The largest absolute Gasteiger partial charge is 1.00 e. The van der Waals surface area contributed by atoms with E-state index in [1.807, 2.05) is 0 Å². The molecule has 0 saturated carbocycles. The number of hydrogen-bond acceptors (Lipinski definition) is 1. The molecular formula is C19H40ClNO. The molecule has 0 spiro atoms. The highest BCUT2D eigenvalue weighted by atomic mass is 35.5. The molecule has 3 heteroatoms. The Labute approximate surface area is 145 Å². The number of unbranched alkanes of at least 4 members (excludes halogenated alkanes) is 10. The number of quaternary nitrogens is 1. The molecule has 1 rings (SSSR count). The van der Waals surface area contributed by atoms with Crippen LogP contribution in [0.1, 0.15) is 90.9 Å². The summed E-state index contributed by atoms with van der Waals surface area (Å²) in [4.78, 5) is 1.77. The molecule has 1 unspecified atom stereocenters. The van der Waals surface area contributed by atoms with Crippen LogP contribution in [0.2, 0.25) is 0 Å². The van der Waals surface area contributed by atoms with Crippen LogP contribution in [-0.4, -0.2) is 32.3 Å². The van der Waals surface area contributed by atoms with E-state index in [4.69, 9.17) is 4.74 Å². The van der Waals surface area contributed by atoms with E-state index in [0.29, 0.717) is 6.10 Å². The molecule has 0 bridgehead atoms. The lowest BCUT2D eigenvalue weighted by atomic mass is 10.0. The van der Waals surface area contributed by atoms with Gasteiger partial charge in [0.1, 0.15) is 0 Å². The number of halogens is 1. The zero-order chi connectivity index (χ0) is 15.2. The maximum absolute atomic E-state index is 5.23. The normalized spacial score (nSPS) is 16.8. The summed E-state index contributed by atoms with van der Waals surface area (Å²) >= 11 is 0. The van der Waals surface area contributed by atoms with E-state index in [1.54, 1.807) is 4.90 Å². The minimum atomic E-state index is 0. The Bertz CT molecular complexity index is 217. The smallest absolute Gasteiger partial charge is 0.0810 e. The number of rotatable bonds is 16. The Morgan fingerprint density at radius 1 is 0.727 bits per heavy atom. The van der Waals surface area contributed by atoms with Gasteiger partial charge >= 0.3 is 0 Å². The van der Waals surface area contributed by atoms with E-state index in [1.165, 1.54) is 96.7 Å². The Morgan fingerprint density at radius 2 is 1.14 bits per heavy atom. The predicted molar refractivity (Wildman–Crippen MR) is 92.1 cm³/mol. The number of epoxide rings is 1. The molecule has 1 aliphatic heterocycles. The second kappa shape index (κ2) is 16.1. The first-order valence-corrected chi connectivity index (χ1v) is 9.82. The second-order valence-corrected chi connectivity index (χ2v) is 6.84. The minimum absolute atomic E-state index is 0. The predicted octanol–water partition coefficient (Wildman–Crippen LogP) is 0.995. The lowest BCUT2D eigenvalue weighted by molar-refractivity contribution is -0.896. The van der Waals surface area contributed by atoms with Crippen molar-refractivity contribution in [3.05, 3.63) is 0 Å². The van der Waals surface area contributed by atoms with E-state index in [0.717, 1.165) is 6.61 Å². The van der Waals surface area contributed by atoms with Crippen LogP contribution in [0.5, 0.6) is 0 Å². The van der Waals surface area contributed by atoms with Crippen LogP contribution >= 0.6 is 0 Å². The average Bonchev–Trinajstić information content (AvgIpc) is 3.32. The van der Waals surface area contributed by atoms with Crippen molar-refractivity contribution in [2.45, 2.75) is 97.0 Å². The molecule has 0 aromatic heterocycles. The van der Waals surface area contributed by atoms with Crippen LogP contribution in [0, 0.1) is 0 Å². The van der Waals surface area contributed by atoms with Crippen molar-refractivity contribution in [1.82, 2.24) is 0 Å². The summed E-state index contributed by atoms with van der Waals surface area (Å²) in [5.41, 5.74) is 0. The molecule has 1 atom stereocenters. The van der Waals surface area contributed by atoms with Gasteiger partial charge in [0, 0.05) is 0 Å². The molecule has 22 heavy (non-hydrogen) atoms. The monoisotopic (exact) mass is 333 g/mol. The van der Waals surface area contributed by atoms with Crippen LogP contribution in [0.25, 0.3) is 0 Å². The summed E-state index contributed by atoms with van der Waals surface area (Å²) in [5.74, 6) is 0. The Hall–Kier alpha value is 0.210. The summed E-state index contributed by atoms with van der Waals surface area (Å²) < 4.78 is 5.23. The maximum atomic E-state index is 5.23. The molecule has 0 radical (unpaired) electrons. The number of nitrogens with one attached hydrogen (secondary N) is 1. The molecular weight excluding hydrogens is 294 g/mol. The third kappa shape index (κ3) is 13.8. The van der Waals surface area contributed by atoms with Crippen molar-refractivity contribution in [3.8, 4) is 0 Å². The maximum Gasteiger partial charge on any atom is 0.0810 e. The van der Waals surface area contributed by atoms with Crippen LogP contribution < -0.4 is 17.3 Å². The summed E-state index contributed by atoms with van der Waals surface area (Å²) in [7, 11) is 0. The molecule has 2 nitrogen and oxygen atoms in total. The van der Waals surface area contributed by atoms with Crippen molar-refractivity contribution < 1.29 is 22.0 Å². The zero-order valence-corrected chi connectivity index (χ0v) is 15.9. The topological polar surface area (TPSA) is 17.0 Å². The van der Waals surface area contributed by atoms with Gasteiger partial charge in [-0.15, -0.1) is 0 Å². The summed E-state index contributed by atoms with van der Waals surface area (Å²) in [6, 6.07) is 0. The Kier molecular flexibility index (Phi) is 16.2. The van der Waals surface area contributed by atoms with Crippen molar-refractivity contribution in [3.63, 3.8) is 0 Å². The summed E-state index contributed by atoms with van der Waals surface area (Å²) in [6.07, 6.45) is 17.9. The van der Waals surface area contributed by atoms with E-state index >= 15 is 0 Å². The molecule has 0 amide bonds.